The van der Waals surface area contributed by atoms with Crippen LogP contribution >= 0.6 is 0 Å². The van der Waals surface area contributed by atoms with Crippen molar-refractivity contribution >= 4 is 12.0 Å². The van der Waals surface area contributed by atoms with Gasteiger partial charge in [0.15, 0.2) is 0 Å². The summed E-state index contributed by atoms with van der Waals surface area (Å²) in [5.41, 5.74) is 1.69. The summed E-state index contributed by atoms with van der Waals surface area (Å²) in [5.74, 6) is -0.438. The van der Waals surface area contributed by atoms with Crippen LogP contribution in [0.15, 0.2) is 35.8 Å². The van der Waals surface area contributed by atoms with Gasteiger partial charge >= 0.3 is 12.0 Å². The number of carbonyl (C=O) groups excluding carboxylic acids is 2. The average Bonchev–Trinajstić information content (AvgIpc) is 2.37. The molecule has 1 aromatic heterocycles. The Bertz CT molecular complexity index is 552. The number of allylic oxidation sites excluding steroid dienone is 1. The van der Waals surface area contributed by atoms with Crippen LogP contribution in [-0.4, -0.2) is 23.1 Å². The number of ether oxygens (including phenoxy) is 1. The number of amides is 2. The number of esters is 1. The molecule has 20 heavy (non-hydrogen) atoms. The molecule has 106 valence electrons. The normalized spacial score (nSPS) is 18.6. The molecule has 0 saturated carbocycles. The van der Waals surface area contributed by atoms with Crippen molar-refractivity contribution in [2.24, 2.45) is 0 Å². The Morgan fingerprint density at radius 2 is 2.00 bits per heavy atom. The molecule has 2 rings (SSSR count). The van der Waals surface area contributed by atoms with Crippen molar-refractivity contribution in [3.05, 3.63) is 41.4 Å². The number of pyridine rings is 1. The lowest BCUT2D eigenvalue weighted by molar-refractivity contribution is -0.143. The molecule has 0 radical (unpaired) electrons. The van der Waals surface area contributed by atoms with Gasteiger partial charge in [0.1, 0.15) is 0 Å². The lowest BCUT2D eigenvalue weighted by atomic mass is 9.96. The highest BCUT2D eigenvalue weighted by Gasteiger charge is 2.32. The van der Waals surface area contributed by atoms with Crippen molar-refractivity contribution in [3.8, 4) is 0 Å². The van der Waals surface area contributed by atoms with Crippen molar-refractivity contribution in [3.63, 3.8) is 0 Å². The minimum atomic E-state index is -0.530. The van der Waals surface area contributed by atoms with Crippen LogP contribution in [0.2, 0.25) is 0 Å². The number of carbonyl (C=O) groups is 2. The van der Waals surface area contributed by atoms with E-state index in [-0.39, 0.29) is 12.1 Å². The van der Waals surface area contributed by atoms with Gasteiger partial charge in [0.05, 0.1) is 17.7 Å². The Kier molecular flexibility index (Phi) is 4.02. The van der Waals surface area contributed by atoms with Crippen LogP contribution in [0, 0.1) is 0 Å². The quantitative estimate of drug-likeness (QED) is 0.822. The second-order valence-corrected chi connectivity index (χ2v) is 4.80. The van der Waals surface area contributed by atoms with Gasteiger partial charge in [0.2, 0.25) is 0 Å². The fourth-order valence-corrected chi connectivity index (χ4v) is 2.05. The molecule has 0 fully saturated rings. The minimum Gasteiger partial charge on any atom is -0.459 e. The van der Waals surface area contributed by atoms with Gasteiger partial charge in [-0.2, -0.15) is 0 Å². The third-order valence-electron chi connectivity index (χ3n) is 2.87. The second-order valence-electron chi connectivity index (χ2n) is 4.80. The zero-order chi connectivity index (χ0) is 14.7. The van der Waals surface area contributed by atoms with Gasteiger partial charge in [-0.05, 0) is 38.5 Å². The first kappa shape index (κ1) is 14.0. The monoisotopic (exact) mass is 275 g/mol. The summed E-state index contributed by atoms with van der Waals surface area (Å²) in [6, 6.07) is 2.64. The highest BCUT2D eigenvalue weighted by atomic mass is 16.5. The molecule has 1 atom stereocenters. The topological polar surface area (TPSA) is 80.3 Å². The number of hydrogen-bond acceptors (Lipinski definition) is 4. The summed E-state index contributed by atoms with van der Waals surface area (Å²) in [5, 5.41) is 5.33. The van der Waals surface area contributed by atoms with Gasteiger partial charge in [0, 0.05) is 18.1 Å². The number of nitrogens with one attached hydrogen (secondary N) is 2. The first-order chi connectivity index (χ1) is 9.49. The predicted molar refractivity (Wildman–Crippen MR) is 72.6 cm³/mol. The van der Waals surface area contributed by atoms with Crippen molar-refractivity contribution in [1.29, 1.82) is 0 Å². The van der Waals surface area contributed by atoms with E-state index in [1.807, 2.05) is 0 Å². The molecule has 0 bridgehead atoms. The Morgan fingerprint density at radius 1 is 1.35 bits per heavy atom. The molecule has 0 saturated heterocycles. The third-order valence-corrected chi connectivity index (χ3v) is 2.87. The van der Waals surface area contributed by atoms with Crippen LogP contribution in [0.4, 0.5) is 4.79 Å². The fourth-order valence-electron chi connectivity index (χ4n) is 2.05. The highest BCUT2D eigenvalue weighted by Crippen LogP contribution is 2.27. The summed E-state index contributed by atoms with van der Waals surface area (Å²) in [4.78, 5) is 27.8. The van der Waals surface area contributed by atoms with Crippen LogP contribution in [0.1, 0.15) is 32.4 Å². The molecule has 1 unspecified atom stereocenters. The average molecular weight is 275 g/mol. The summed E-state index contributed by atoms with van der Waals surface area (Å²) < 4.78 is 5.24. The van der Waals surface area contributed by atoms with Crippen LogP contribution in [0.5, 0.6) is 0 Å². The van der Waals surface area contributed by atoms with E-state index in [4.69, 9.17) is 4.74 Å². The number of aromatic nitrogens is 1. The third kappa shape index (κ3) is 2.96. The fraction of sp³-hybridized carbons (Fsp3) is 0.357. The number of hydrogen-bond donors (Lipinski definition) is 2. The van der Waals surface area contributed by atoms with Gasteiger partial charge < -0.3 is 15.4 Å². The zero-order valence-corrected chi connectivity index (χ0v) is 11.6. The number of nitrogens with zero attached hydrogens (tertiary/aromatic N) is 1. The van der Waals surface area contributed by atoms with E-state index in [1.54, 1.807) is 45.3 Å². The lowest BCUT2D eigenvalue weighted by Crippen LogP contribution is -2.45. The SMILES string of the molecule is CC1=C(C(=O)OC(C)C)C(c2ccncc2)NC(=O)N1. The molecule has 6 nitrogen and oxygen atoms in total. The van der Waals surface area contributed by atoms with Crippen LogP contribution < -0.4 is 10.6 Å². The van der Waals surface area contributed by atoms with E-state index in [0.717, 1.165) is 5.56 Å². The van der Waals surface area contributed by atoms with E-state index in [1.165, 1.54) is 0 Å². The molecule has 2 heterocycles. The summed E-state index contributed by atoms with van der Waals surface area (Å²) in [6.45, 7) is 5.25. The van der Waals surface area contributed by atoms with Crippen LogP contribution in [0.25, 0.3) is 0 Å². The molecule has 2 N–H and O–H groups in total. The smallest absolute Gasteiger partial charge is 0.338 e. The lowest BCUT2D eigenvalue weighted by Gasteiger charge is -2.28. The van der Waals surface area contributed by atoms with Gasteiger partial charge in [-0.1, -0.05) is 0 Å². The minimum absolute atomic E-state index is 0.224. The highest BCUT2D eigenvalue weighted by molar-refractivity contribution is 5.95. The van der Waals surface area contributed by atoms with Crippen molar-refractivity contribution < 1.29 is 14.3 Å². The van der Waals surface area contributed by atoms with Gasteiger partial charge in [0.25, 0.3) is 0 Å². The molecule has 1 aliphatic rings. The van der Waals surface area contributed by atoms with E-state index in [9.17, 15) is 9.59 Å². The number of rotatable bonds is 3. The predicted octanol–water partition coefficient (Wildman–Crippen LogP) is 1.66. The first-order valence-corrected chi connectivity index (χ1v) is 6.38. The Balaban J connectivity index is 2.39. The molecule has 1 aliphatic heterocycles. The van der Waals surface area contributed by atoms with Gasteiger partial charge in [-0.25, -0.2) is 9.59 Å². The van der Waals surface area contributed by atoms with Crippen LogP contribution in [-0.2, 0) is 9.53 Å². The molecule has 2 amide bonds. The van der Waals surface area contributed by atoms with Crippen molar-refractivity contribution in [2.45, 2.75) is 32.9 Å². The maximum atomic E-state index is 12.2. The van der Waals surface area contributed by atoms with E-state index >= 15 is 0 Å². The molecule has 6 heteroatoms. The van der Waals surface area contributed by atoms with E-state index in [2.05, 4.69) is 15.6 Å². The van der Waals surface area contributed by atoms with Crippen molar-refractivity contribution in [1.82, 2.24) is 15.6 Å². The van der Waals surface area contributed by atoms with Crippen LogP contribution in [0.3, 0.4) is 0 Å². The Labute approximate surface area is 117 Å². The standard InChI is InChI=1S/C14H17N3O3/c1-8(2)20-13(18)11-9(3)16-14(19)17-12(11)10-4-6-15-7-5-10/h4-8,12H,1-3H3,(H2,16,17,19). The Morgan fingerprint density at radius 3 is 2.60 bits per heavy atom. The molecule has 0 spiro atoms. The zero-order valence-electron chi connectivity index (χ0n) is 11.6. The van der Waals surface area contributed by atoms with E-state index in [0.29, 0.717) is 11.3 Å². The molecular formula is C14H17N3O3. The second kappa shape index (κ2) is 5.73. The first-order valence-electron chi connectivity index (χ1n) is 6.38. The van der Waals surface area contributed by atoms with E-state index < -0.39 is 12.0 Å². The summed E-state index contributed by atoms with van der Waals surface area (Å²) in [7, 11) is 0. The Hall–Kier alpha value is -2.37. The maximum Gasteiger partial charge on any atom is 0.338 e. The molecule has 0 aromatic carbocycles. The largest absolute Gasteiger partial charge is 0.459 e. The molecule has 0 aliphatic carbocycles. The molecule has 1 aromatic rings. The van der Waals surface area contributed by atoms with Crippen molar-refractivity contribution in [2.75, 3.05) is 0 Å². The summed E-state index contributed by atoms with van der Waals surface area (Å²) >= 11 is 0. The maximum absolute atomic E-state index is 12.2. The van der Waals surface area contributed by atoms with Gasteiger partial charge in [-0.15, -0.1) is 0 Å². The molecular weight excluding hydrogens is 258 g/mol. The van der Waals surface area contributed by atoms with Gasteiger partial charge in [-0.3, -0.25) is 4.98 Å². The summed E-state index contributed by atoms with van der Waals surface area (Å²) in [6.07, 6.45) is 3.01. The number of urea groups is 1.